The van der Waals surface area contributed by atoms with E-state index in [4.69, 9.17) is 19.9 Å². The number of benzene rings is 10. The average Bonchev–Trinajstić information content (AvgIpc) is 1.94. The fourth-order valence-corrected chi connectivity index (χ4v) is 13.7. The molecule has 0 amide bonds. The van der Waals surface area contributed by atoms with Crippen LogP contribution in [-0.2, 0) is 10.8 Å². The van der Waals surface area contributed by atoms with Gasteiger partial charge in [0, 0.05) is 45.4 Å². The molecule has 0 radical (unpaired) electrons. The molecule has 86 heavy (non-hydrogen) atoms. The van der Waals surface area contributed by atoms with Crippen LogP contribution in [-0.4, -0.2) is 19.9 Å². The van der Waals surface area contributed by atoms with Crippen molar-refractivity contribution in [3.8, 4) is 22.3 Å². The van der Waals surface area contributed by atoms with E-state index in [1.807, 2.05) is 60.9 Å². The summed E-state index contributed by atoms with van der Waals surface area (Å²) in [5, 5.41) is 9.72. The highest BCUT2D eigenvalue weighted by atomic mass is 15.2. The van der Waals surface area contributed by atoms with Crippen LogP contribution >= 0.6 is 0 Å². The maximum atomic E-state index is 5.12. The van der Waals surface area contributed by atoms with Gasteiger partial charge in [-0.05, 0) is 196 Å². The Kier molecular flexibility index (Phi) is 11.8. The van der Waals surface area contributed by atoms with Crippen LogP contribution in [0.2, 0.25) is 0 Å². The number of hydrogen-bond donors (Lipinski definition) is 0. The van der Waals surface area contributed by atoms with Crippen molar-refractivity contribution in [2.24, 2.45) is 0 Å². The lowest BCUT2D eigenvalue weighted by atomic mass is 9.81. The SMILES string of the molecule is CC1(C)c2cc(/C=C/c3ccc4c5ccc(/C=C/c6ccc7c(c6)C(C)(C)c6cc(N(c8ccccn8)c8ccc9ccccc9n8)ccc6-7)cc5c5ccccc5c4c3)ccc2-c2ccc(N(c3ccccn3)c3ccc4ccccc4n3)cc21. The fourth-order valence-electron chi connectivity index (χ4n) is 13.7. The lowest BCUT2D eigenvalue weighted by Gasteiger charge is -2.26. The van der Waals surface area contributed by atoms with Crippen LogP contribution < -0.4 is 9.80 Å². The highest BCUT2D eigenvalue weighted by Crippen LogP contribution is 2.53. The molecule has 14 aromatic rings. The molecule has 0 aliphatic heterocycles. The van der Waals surface area contributed by atoms with E-state index >= 15 is 0 Å². The minimum atomic E-state index is -0.239. The van der Waals surface area contributed by atoms with E-state index in [0.717, 1.165) is 67.6 Å². The molecule has 0 saturated carbocycles. The Hall–Kier alpha value is -10.8. The zero-order chi connectivity index (χ0) is 57.7. The third-order valence-electron chi connectivity index (χ3n) is 18.1. The van der Waals surface area contributed by atoms with Gasteiger partial charge in [0.1, 0.15) is 23.3 Å². The van der Waals surface area contributed by atoms with Gasteiger partial charge in [0.25, 0.3) is 0 Å². The van der Waals surface area contributed by atoms with Gasteiger partial charge >= 0.3 is 0 Å². The Bertz CT molecular complexity index is 4790. The summed E-state index contributed by atoms with van der Waals surface area (Å²) in [6.07, 6.45) is 12.8. The van der Waals surface area contributed by atoms with Crippen molar-refractivity contribution < 1.29 is 0 Å². The molecular weight excluding hydrogens is 1040 g/mol. The van der Waals surface area contributed by atoms with E-state index in [1.54, 1.807) is 0 Å². The molecule has 6 nitrogen and oxygen atoms in total. The van der Waals surface area contributed by atoms with Gasteiger partial charge in [-0.25, -0.2) is 19.9 Å². The first-order valence-electron chi connectivity index (χ1n) is 29.6. The summed E-state index contributed by atoms with van der Waals surface area (Å²) >= 11 is 0. The molecule has 0 spiro atoms. The Balaban J connectivity index is 0.668. The summed E-state index contributed by atoms with van der Waals surface area (Å²) in [4.78, 5) is 24.2. The smallest absolute Gasteiger partial charge is 0.139 e. The number of aromatic nitrogens is 4. The molecule has 0 N–H and O–H groups in total. The molecule has 0 bridgehead atoms. The van der Waals surface area contributed by atoms with Crippen LogP contribution in [0.25, 0.3) is 101 Å². The Labute approximate surface area is 500 Å². The van der Waals surface area contributed by atoms with Gasteiger partial charge < -0.3 is 0 Å². The van der Waals surface area contributed by atoms with Crippen molar-refractivity contribution in [2.45, 2.75) is 38.5 Å². The summed E-state index contributed by atoms with van der Waals surface area (Å²) in [6.45, 7) is 9.39. The average molecular weight is 1100 g/mol. The van der Waals surface area contributed by atoms with Crippen molar-refractivity contribution in [1.29, 1.82) is 0 Å². The van der Waals surface area contributed by atoms with E-state index in [9.17, 15) is 0 Å². The largest absolute Gasteiger partial charge is 0.279 e. The minimum absolute atomic E-state index is 0.239. The second-order valence-electron chi connectivity index (χ2n) is 23.9. The van der Waals surface area contributed by atoms with E-state index in [1.165, 1.54) is 88.0 Å². The summed E-state index contributed by atoms with van der Waals surface area (Å²) in [5.41, 5.74) is 18.5. The van der Waals surface area contributed by atoms with Gasteiger partial charge in [-0.1, -0.05) is 198 Å². The molecule has 0 fully saturated rings. The number of rotatable bonds is 10. The fraction of sp³-hybridized carbons (Fsp3) is 0.0750. The molecule has 16 rings (SSSR count). The van der Waals surface area contributed by atoms with Crippen molar-refractivity contribution in [3.63, 3.8) is 0 Å². The molecule has 2 aliphatic rings. The zero-order valence-corrected chi connectivity index (χ0v) is 48.2. The topological polar surface area (TPSA) is 58.0 Å². The second-order valence-corrected chi connectivity index (χ2v) is 23.9. The summed E-state index contributed by atoms with van der Waals surface area (Å²) < 4.78 is 0. The second kappa shape index (κ2) is 19.9. The highest BCUT2D eigenvalue weighted by molar-refractivity contribution is 6.26. The first kappa shape index (κ1) is 50.9. The molecule has 4 heterocycles. The van der Waals surface area contributed by atoms with Gasteiger partial charge in [0.15, 0.2) is 0 Å². The molecular formula is C80H58N6. The quantitative estimate of drug-likeness (QED) is 0.100. The van der Waals surface area contributed by atoms with Crippen LogP contribution in [0.5, 0.6) is 0 Å². The van der Waals surface area contributed by atoms with Gasteiger partial charge in [-0.2, -0.15) is 0 Å². The molecule has 0 saturated heterocycles. The Morgan fingerprint density at radius 1 is 0.291 bits per heavy atom. The molecule has 6 heteroatoms. The maximum absolute atomic E-state index is 5.12. The molecule has 0 unspecified atom stereocenters. The molecule has 2 aliphatic carbocycles. The van der Waals surface area contributed by atoms with Crippen molar-refractivity contribution in [3.05, 3.63) is 300 Å². The third-order valence-corrected chi connectivity index (χ3v) is 18.1. The van der Waals surface area contributed by atoms with Crippen LogP contribution in [0.4, 0.5) is 34.6 Å². The first-order chi connectivity index (χ1) is 42.1. The van der Waals surface area contributed by atoms with E-state index in [2.05, 4.69) is 256 Å². The van der Waals surface area contributed by atoms with E-state index in [0.29, 0.717) is 0 Å². The maximum Gasteiger partial charge on any atom is 0.139 e. The molecule has 4 aromatic heterocycles. The lowest BCUT2D eigenvalue weighted by molar-refractivity contribution is 0.660. The van der Waals surface area contributed by atoms with Gasteiger partial charge in [0.05, 0.1) is 11.0 Å². The lowest BCUT2D eigenvalue weighted by Crippen LogP contribution is -2.17. The number of nitrogens with zero attached hydrogens (tertiary/aromatic N) is 6. The molecule has 408 valence electrons. The summed E-state index contributed by atoms with van der Waals surface area (Å²) in [6, 6.07) is 87.3. The molecule has 0 atom stereocenters. The Morgan fingerprint density at radius 2 is 0.651 bits per heavy atom. The summed E-state index contributed by atoms with van der Waals surface area (Å²) in [7, 11) is 0. The van der Waals surface area contributed by atoms with E-state index in [-0.39, 0.29) is 10.8 Å². The zero-order valence-electron chi connectivity index (χ0n) is 48.2. The monoisotopic (exact) mass is 1100 g/mol. The summed E-state index contributed by atoms with van der Waals surface area (Å²) in [5.74, 6) is 3.31. The van der Waals surface area contributed by atoms with Crippen LogP contribution in [0, 0.1) is 0 Å². The minimum Gasteiger partial charge on any atom is -0.279 e. The molecule has 10 aromatic carbocycles. The van der Waals surface area contributed by atoms with Crippen LogP contribution in [0.1, 0.15) is 72.2 Å². The number of fused-ring (bicyclic) bond motifs is 14. The number of anilines is 6. The van der Waals surface area contributed by atoms with Crippen molar-refractivity contribution in [2.75, 3.05) is 9.80 Å². The number of para-hydroxylation sites is 2. The van der Waals surface area contributed by atoms with Gasteiger partial charge in [0.2, 0.25) is 0 Å². The highest BCUT2D eigenvalue weighted by Gasteiger charge is 2.38. The van der Waals surface area contributed by atoms with Crippen molar-refractivity contribution >= 4 is 113 Å². The third kappa shape index (κ3) is 8.47. The predicted octanol–water partition coefficient (Wildman–Crippen LogP) is 20.9. The van der Waals surface area contributed by atoms with E-state index < -0.39 is 0 Å². The standard InChI is InChI=1S/C80H58N6/c1-79(2)69-47-53(29-37-63(69)65-39-33-57(49-71(65)79)85(75-21-11-13-43-81-75)77-41-31-55-15-5-9-19-73(55)83-77)25-23-51-27-35-61-62-36-28-52(46-68(62)60-18-8-7-17-59(60)67(61)45-51)24-26-54-30-38-64-66-40-34-58(50-72(66)80(3,4)70(64)48-54)86(76-22-12-14-44-82-76)78-42-32-56-16-6-10-20-74(56)84-78/h5-50H,1-4H3/b25-23+,26-24+. The number of hydrogen-bond acceptors (Lipinski definition) is 6. The van der Waals surface area contributed by atoms with Crippen LogP contribution in [0.3, 0.4) is 0 Å². The normalized spacial score (nSPS) is 13.7. The van der Waals surface area contributed by atoms with Crippen molar-refractivity contribution in [1.82, 2.24) is 19.9 Å². The van der Waals surface area contributed by atoms with Gasteiger partial charge in [-0.3, -0.25) is 9.80 Å². The Morgan fingerprint density at radius 3 is 1.08 bits per heavy atom. The first-order valence-corrected chi connectivity index (χ1v) is 29.6. The number of pyridine rings is 4. The van der Waals surface area contributed by atoms with Gasteiger partial charge in [-0.15, -0.1) is 0 Å². The predicted molar refractivity (Wildman–Crippen MR) is 360 cm³/mol. The van der Waals surface area contributed by atoms with Crippen LogP contribution in [0.15, 0.2) is 255 Å².